The standard InChI is InChI=1S/C19H26FN3O3/c1-14(13-26-2)23-12-15(11-18(23)24)19(25)22-9-7-21(8-10-22)17-5-3-16(20)4-6-17/h3-6,14-15H,7-13H2,1-2H3/t14-,15-/m0/s1. The van der Waals surface area contributed by atoms with Crippen molar-refractivity contribution >= 4 is 17.5 Å². The minimum Gasteiger partial charge on any atom is -0.383 e. The molecule has 0 N–H and O–H groups in total. The summed E-state index contributed by atoms with van der Waals surface area (Å²) in [4.78, 5) is 30.8. The predicted octanol–water partition coefficient (Wildman–Crippen LogP) is 1.36. The molecule has 0 radical (unpaired) electrons. The number of rotatable bonds is 5. The molecule has 2 amide bonds. The zero-order valence-electron chi connectivity index (χ0n) is 15.4. The maximum Gasteiger partial charge on any atom is 0.228 e. The van der Waals surface area contributed by atoms with Gasteiger partial charge in [-0.3, -0.25) is 9.59 Å². The van der Waals surface area contributed by atoms with Gasteiger partial charge in [-0.1, -0.05) is 0 Å². The van der Waals surface area contributed by atoms with Gasteiger partial charge in [0.2, 0.25) is 11.8 Å². The molecule has 2 fully saturated rings. The molecule has 6 nitrogen and oxygen atoms in total. The van der Waals surface area contributed by atoms with Gasteiger partial charge in [0.25, 0.3) is 0 Å². The fourth-order valence-corrected chi connectivity index (χ4v) is 3.75. The number of ether oxygens (including phenoxy) is 1. The molecule has 26 heavy (non-hydrogen) atoms. The van der Waals surface area contributed by atoms with Gasteiger partial charge in [0.15, 0.2) is 0 Å². The molecule has 3 rings (SSSR count). The van der Waals surface area contributed by atoms with E-state index in [1.165, 1.54) is 12.1 Å². The second-order valence-electron chi connectivity index (χ2n) is 7.04. The van der Waals surface area contributed by atoms with Crippen molar-refractivity contribution in [3.8, 4) is 0 Å². The molecule has 1 aromatic carbocycles. The van der Waals surface area contributed by atoms with Crippen LogP contribution in [0.25, 0.3) is 0 Å². The van der Waals surface area contributed by atoms with Crippen LogP contribution in [0, 0.1) is 11.7 Å². The molecule has 2 atom stereocenters. The lowest BCUT2D eigenvalue weighted by atomic mass is 10.1. The minimum absolute atomic E-state index is 0.0133. The maximum absolute atomic E-state index is 13.1. The van der Waals surface area contributed by atoms with E-state index in [1.54, 1.807) is 24.1 Å². The first-order chi connectivity index (χ1) is 12.5. The number of hydrogen-bond donors (Lipinski definition) is 0. The third-order valence-electron chi connectivity index (χ3n) is 5.23. The average Bonchev–Trinajstić information content (AvgIpc) is 3.04. The molecule has 2 aliphatic heterocycles. The highest BCUT2D eigenvalue weighted by Gasteiger charge is 2.39. The largest absolute Gasteiger partial charge is 0.383 e. The highest BCUT2D eigenvalue weighted by Crippen LogP contribution is 2.24. The van der Waals surface area contributed by atoms with E-state index in [-0.39, 0.29) is 36.0 Å². The first kappa shape index (κ1) is 18.6. The smallest absolute Gasteiger partial charge is 0.228 e. The SMILES string of the molecule is COC[C@H](C)N1C[C@@H](C(=O)N2CCN(c3ccc(F)cc3)CC2)CC1=O. The zero-order chi connectivity index (χ0) is 18.7. The van der Waals surface area contributed by atoms with Crippen molar-refractivity contribution < 1.29 is 18.7 Å². The molecule has 2 saturated heterocycles. The summed E-state index contributed by atoms with van der Waals surface area (Å²) in [6.07, 6.45) is 0.283. The fourth-order valence-electron chi connectivity index (χ4n) is 3.75. The van der Waals surface area contributed by atoms with Crippen LogP contribution in [0.15, 0.2) is 24.3 Å². The number of hydrogen-bond acceptors (Lipinski definition) is 4. The molecule has 0 bridgehead atoms. The summed E-state index contributed by atoms with van der Waals surface area (Å²) in [5, 5.41) is 0. The second kappa shape index (κ2) is 8.03. The molecule has 2 heterocycles. The van der Waals surface area contributed by atoms with Crippen LogP contribution in [0.3, 0.4) is 0 Å². The van der Waals surface area contributed by atoms with E-state index in [2.05, 4.69) is 4.90 Å². The van der Waals surface area contributed by atoms with Crippen LogP contribution in [0.5, 0.6) is 0 Å². The van der Waals surface area contributed by atoms with Crippen molar-refractivity contribution in [3.63, 3.8) is 0 Å². The van der Waals surface area contributed by atoms with E-state index < -0.39 is 0 Å². The molecule has 0 aliphatic carbocycles. The Bertz CT molecular complexity index is 644. The summed E-state index contributed by atoms with van der Waals surface area (Å²) in [7, 11) is 1.61. The van der Waals surface area contributed by atoms with Gasteiger partial charge in [-0.05, 0) is 31.2 Å². The first-order valence-electron chi connectivity index (χ1n) is 9.07. The van der Waals surface area contributed by atoms with E-state index in [0.717, 1.165) is 5.69 Å². The summed E-state index contributed by atoms with van der Waals surface area (Å²) in [5.41, 5.74) is 0.967. The molecule has 0 aromatic heterocycles. The Kier molecular flexibility index (Phi) is 5.76. The Balaban J connectivity index is 1.54. The molecule has 0 saturated carbocycles. The molecule has 0 spiro atoms. The Morgan fingerprint density at radius 3 is 2.50 bits per heavy atom. The average molecular weight is 363 g/mol. The van der Waals surface area contributed by atoms with Crippen molar-refractivity contribution in [3.05, 3.63) is 30.1 Å². The topological polar surface area (TPSA) is 53.1 Å². The Labute approximate surface area is 153 Å². The number of anilines is 1. The second-order valence-corrected chi connectivity index (χ2v) is 7.04. The number of carbonyl (C=O) groups is 2. The number of amides is 2. The van der Waals surface area contributed by atoms with Crippen LogP contribution >= 0.6 is 0 Å². The number of likely N-dealkylation sites (tertiary alicyclic amines) is 1. The third kappa shape index (κ3) is 3.98. The van der Waals surface area contributed by atoms with Gasteiger partial charge in [-0.2, -0.15) is 0 Å². The minimum atomic E-state index is -0.265. The molecule has 142 valence electrons. The summed E-state index contributed by atoms with van der Waals surface area (Å²) in [6.45, 7) is 5.55. The Hall–Kier alpha value is -2.15. The number of halogens is 1. The van der Waals surface area contributed by atoms with Gasteiger partial charge < -0.3 is 19.4 Å². The number of benzene rings is 1. The third-order valence-corrected chi connectivity index (χ3v) is 5.23. The van der Waals surface area contributed by atoms with Gasteiger partial charge in [0.05, 0.1) is 18.6 Å². The monoisotopic (exact) mass is 363 g/mol. The van der Waals surface area contributed by atoms with E-state index in [9.17, 15) is 14.0 Å². The van der Waals surface area contributed by atoms with Crippen LogP contribution in [0.2, 0.25) is 0 Å². The predicted molar refractivity (Wildman–Crippen MR) is 96.4 cm³/mol. The molecule has 2 aliphatic rings. The summed E-state index contributed by atoms with van der Waals surface area (Å²) in [6, 6.07) is 6.41. The zero-order valence-corrected chi connectivity index (χ0v) is 15.4. The molecule has 1 aromatic rings. The molecule has 7 heteroatoms. The first-order valence-corrected chi connectivity index (χ1v) is 9.07. The van der Waals surface area contributed by atoms with Crippen LogP contribution in [-0.2, 0) is 14.3 Å². The fraction of sp³-hybridized carbons (Fsp3) is 0.579. The van der Waals surface area contributed by atoms with Gasteiger partial charge in [0, 0.05) is 51.9 Å². The highest BCUT2D eigenvalue weighted by atomic mass is 19.1. The van der Waals surface area contributed by atoms with Crippen molar-refractivity contribution in [2.45, 2.75) is 19.4 Å². The highest BCUT2D eigenvalue weighted by molar-refractivity contribution is 5.89. The lowest BCUT2D eigenvalue weighted by molar-refractivity contribution is -0.136. The quantitative estimate of drug-likeness (QED) is 0.793. The van der Waals surface area contributed by atoms with Gasteiger partial charge >= 0.3 is 0 Å². The number of piperazine rings is 1. The maximum atomic E-state index is 13.1. The lowest BCUT2D eigenvalue weighted by Gasteiger charge is -2.37. The van der Waals surface area contributed by atoms with E-state index in [4.69, 9.17) is 4.74 Å². The van der Waals surface area contributed by atoms with Crippen LogP contribution in [0.1, 0.15) is 13.3 Å². The number of nitrogens with zero attached hydrogens (tertiary/aromatic N) is 3. The number of carbonyl (C=O) groups excluding carboxylic acids is 2. The normalized spacial score (nSPS) is 22.0. The lowest BCUT2D eigenvalue weighted by Crippen LogP contribution is -2.50. The molecule has 0 unspecified atom stereocenters. The van der Waals surface area contributed by atoms with Crippen molar-refractivity contribution in [1.82, 2.24) is 9.80 Å². The van der Waals surface area contributed by atoms with Crippen molar-refractivity contribution in [2.75, 3.05) is 51.3 Å². The van der Waals surface area contributed by atoms with Crippen LogP contribution in [-0.4, -0.2) is 74.1 Å². The molecular formula is C19H26FN3O3. The van der Waals surface area contributed by atoms with Gasteiger partial charge in [0.1, 0.15) is 5.82 Å². The van der Waals surface area contributed by atoms with Crippen molar-refractivity contribution in [2.24, 2.45) is 5.92 Å². The molecular weight excluding hydrogens is 337 g/mol. The van der Waals surface area contributed by atoms with Crippen molar-refractivity contribution in [1.29, 1.82) is 0 Å². The van der Waals surface area contributed by atoms with Gasteiger partial charge in [-0.25, -0.2) is 4.39 Å². The summed E-state index contributed by atoms with van der Waals surface area (Å²) in [5.74, 6) is -0.429. The Morgan fingerprint density at radius 1 is 1.23 bits per heavy atom. The summed E-state index contributed by atoms with van der Waals surface area (Å²) < 4.78 is 18.2. The number of methoxy groups -OCH3 is 1. The van der Waals surface area contributed by atoms with E-state index in [0.29, 0.717) is 39.3 Å². The van der Waals surface area contributed by atoms with Gasteiger partial charge in [-0.15, -0.1) is 0 Å². The van der Waals surface area contributed by atoms with E-state index >= 15 is 0 Å². The summed E-state index contributed by atoms with van der Waals surface area (Å²) >= 11 is 0. The van der Waals surface area contributed by atoms with Crippen LogP contribution in [0.4, 0.5) is 10.1 Å². The van der Waals surface area contributed by atoms with E-state index in [1.807, 2.05) is 11.8 Å². The van der Waals surface area contributed by atoms with Crippen LogP contribution < -0.4 is 4.90 Å². The Morgan fingerprint density at radius 2 is 1.88 bits per heavy atom.